The highest BCUT2D eigenvalue weighted by atomic mass is 19.1. The third-order valence-electron chi connectivity index (χ3n) is 4.38. The van der Waals surface area contributed by atoms with Gasteiger partial charge in [0.1, 0.15) is 11.5 Å². The average Bonchev–Trinajstić information content (AvgIpc) is 2.61. The Labute approximate surface area is 157 Å². The standard InChI is InChI=1S/C20H21FN4O2/c1-12-10-13(2)22-14(3)19(12)23-20(27)17-8-9-18(26)25(24-17)11-15-4-6-16(21)7-5-15/h4-7,10H,8-9,11H2,1-3H3,(H,23,27). The Balaban J connectivity index is 1.78. The molecule has 2 heterocycles. The molecule has 0 aliphatic carbocycles. The minimum Gasteiger partial charge on any atom is -0.319 e. The Morgan fingerprint density at radius 2 is 1.89 bits per heavy atom. The van der Waals surface area contributed by atoms with Crippen LogP contribution in [0.25, 0.3) is 0 Å². The summed E-state index contributed by atoms with van der Waals surface area (Å²) >= 11 is 0. The molecule has 0 saturated heterocycles. The Morgan fingerprint density at radius 1 is 1.19 bits per heavy atom. The molecule has 140 valence electrons. The van der Waals surface area contributed by atoms with Gasteiger partial charge in [0.25, 0.3) is 5.91 Å². The highest BCUT2D eigenvalue weighted by molar-refractivity contribution is 6.43. The second kappa shape index (κ2) is 7.65. The minimum atomic E-state index is -0.344. The van der Waals surface area contributed by atoms with Crippen molar-refractivity contribution in [2.45, 2.75) is 40.2 Å². The molecule has 7 heteroatoms. The highest BCUT2D eigenvalue weighted by Gasteiger charge is 2.25. The summed E-state index contributed by atoms with van der Waals surface area (Å²) in [4.78, 5) is 29.2. The fraction of sp³-hybridized carbons (Fsp3) is 0.300. The summed E-state index contributed by atoms with van der Waals surface area (Å²) in [5.41, 5.74) is 4.23. The van der Waals surface area contributed by atoms with Gasteiger partial charge in [0, 0.05) is 18.5 Å². The summed E-state index contributed by atoms with van der Waals surface area (Å²) in [6, 6.07) is 7.75. The summed E-state index contributed by atoms with van der Waals surface area (Å²) in [6.45, 7) is 5.84. The van der Waals surface area contributed by atoms with Crippen molar-refractivity contribution >= 4 is 23.2 Å². The quantitative estimate of drug-likeness (QED) is 0.900. The van der Waals surface area contributed by atoms with Crippen molar-refractivity contribution in [1.82, 2.24) is 9.99 Å². The number of nitrogens with one attached hydrogen (secondary N) is 1. The molecule has 0 bridgehead atoms. The number of rotatable bonds is 4. The Kier molecular flexibility index (Phi) is 5.30. The zero-order valence-electron chi connectivity index (χ0n) is 15.5. The first-order valence-corrected chi connectivity index (χ1v) is 8.72. The first kappa shape index (κ1) is 18.7. The Hall–Kier alpha value is -3.09. The summed E-state index contributed by atoms with van der Waals surface area (Å²) in [5, 5.41) is 8.35. The van der Waals surface area contributed by atoms with Crippen molar-refractivity contribution in [2.75, 3.05) is 5.32 Å². The lowest BCUT2D eigenvalue weighted by atomic mass is 10.1. The van der Waals surface area contributed by atoms with Gasteiger partial charge in [-0.1, -0.05) is 12.1 Å². The van der Waals surface area contributed by atoms with Crippen LogP contribution in [0.15, 0.2) is 35.4 Å². The third-order valence-corrected chi connectivity index (χ3v) is 4.38. The normalized spacial score (nSPS) is 14.1. The number of carbonyl (C=O) groups excluding carboxylic acids is 2. The molecule has 0 saturated carbocycles. The van der Waals surface area contributed by atoms with E-state index in [0.717, 1.165) is 22.5 Å². The van der Waals surface area contributed by atoms with Crippen molar-refractivity contribution in [2.24, 2.45) is 5.10 Å². The summed E-state index contributed by atoms with van der Waals surface area (Å²) in [6.07, 6.45) is 0.486. The van der Waals surface area contributed by atoms with Gasteiger partial charge in [0.05, 0.1) is 17.9 Å². The smallest absolute Gasteiger partial charge is 0.271 e. The van der Waals surface area contributed by atoms with Crippen molar-refractivity contribution in [3.8, 4) is 0 Å². The molecule has 1 aromatic carbocycles. The van der Waals surface area contributed by atoms with Crippen LogP contribution in [0.2, 0.25) is 0 Å². The van der Waals surface area contributed by atoms with Gasteiger partial charge in [-0.2, -0.15) is 5.10 Å². The van der Waals surface area contributed by atoms with Crippen LogP contribution in [0.1, 0.15) is 35.4 Å². The van der Waals surface area contributed by atoms with Crippen molar-refractivity contribution in [3.63, 3.8) is 0 Å². The number of hydrogen-bond acceptors (Lipinski definition) is 4. The van der Waals surface area contributed by atoms with Crippen LogP contribution in [0, 0.1) is 26.6 Å². The molecule has 0 atom stereocenters. The first-order chi connectivity index (χ1) is 12.8. The van der Waals surface area contributed by atoms with Crippen molar-refractivity contribution < 1.29 is 14.0 Å². The second-order valence-corrected chi connectivity index (χ2v) is 6.62. The lowest BCUT2D eigenvalue weighted by Crippen LogP contribution is -2.36. The third kappa shape index (κ3) is 4.36. The number of benzene rings is 1. The predicted molar refractivity (Wildman–Crippen MR) is 101 cm³/mol. The molecule has 1 aliphatic heterocycles. The molecule has 3 rings (SSSR count). The number of halogens is 1. The van der Waals surface area contributed by atoms with Gasteiger partial charge >= 0.3 is 0 Å². The second-order valence-electron chi connectivity index (χ2n) is 6.62. The molecular weight excluding hydrogens is 347 g/mol. The number of hydrazone groups is 1. The van der Waals surface area contributed by atoms with E-state index in [2.05, 4.69) is 15.4 Å². The van der Waals surface area contributed by atoms with Crippen LogP contribution in [0.5, 0.6) is 0 Å². The van der Waals surface area contributed by atoms with E-state index in [1.807, 2.05) is 26.8 Å². The lowest BCUT2D eigenvalue weighted by molar-refractivity contribution is -0.132. The monoisotopic (exact) mass is 368 g/mol. The largest absolute Gasteiger partial charge is 0.319 e. The predicted octanol–water partition coefficient (Wildman–Crippen LogP) is 3.26. The summed E-state index contributed by atoms with van der Waals surface area (Å²) in [5.74, 6) is -0.853. The van der Waals surface area contributed by atoms with E-state index < -0.39 is 0 Å². The van der Waals surface area contributed by atoms with E-state index in [4.69, 9.17) is 0 Å². The van der Waals surface area contributed by atoms with Gasteiger partial charge in [-0.25, -0.2) is 9.40 Å². The molecule has 6 nitrogen and oxygen atoms in total. The van der Waals surface area contributed by atoms with Crippen molar-refractivity contribution in [1.29, 1.82) is 0 Å². The van der Waals surface area contributed by atoms with Gasteiger partial charge in [0.2, 0.25) is 5.91 Å². The van der Waals surface area contributed by atoms with Gasteiger partial charge in [0.15, 0.2) is 0 Å². The zero-order valence-corrected chi connectivity index (χ0v) is 15.5. The van der Waals surface area contributed by atoms with Crippen LogP contribution in [0.4, 0.5) is 10.1 Å². The number of aromatic nitrogens is 1. The molecule has 1 aromatic heterocycles. The lowest BCUT2D eigenvalue weighted by Gasteiger charge is -2.23. The first-order valence-electron chi connectivity index (χ1n) is 8.72. The number of amides is 2. The van der Waals surface area contributed by atoms with Crippen LogP contribution in [-0.4, -0.2) is 27.5 Å². The topological polar surface area (TPSA) is 74.7 Å². The van der Waals surface area contributed by atoms with E-state index >= 15 is 0 Å². The Morgan fingerprint density at radius 3 is 2.56 bits per heavy atom. The molecule has 0 spiro atoms. The summed E-state index contributed by atoms with van der Waals surface area (Å²) < 4.78 is 13.0. The average molecular weight is 368 g/mol. The summed E-state index contributed by atoms with van der Waals surface area (Å²) in [7, 11) is 0. The van der Waals surface area contributed by atoms with E-state index in [-0.39, 0.29) is 42.7 Å². The SMILES string of the molecule is Cc1cc(C)c(NC(=O)C2=NN(Cc3ccc(F)cc3)C(=O)CC2)c(C)n1. The zero-order chi connectivity index (χ0) is 19.6. The number of pyridine rings is 1. The van der Waals surface area contributed by atoms with Gasteiger partial charge in [-0.15, -0.1) is 0 Å². The molecule has 0 radical (unpaired) electrons. The maximum absolute atomic E-state index is 13.0. The molecular formula is C20H21FN4O2. The number of carbonyl (C=O) groups is 2. The number of hydrogen-bond donors (Lipinski definition) is 1. The van der Waals surface area contributed by atoms with Crippen LogP contribution < -0.4 is 5.32 Å². The van der Waals surface area contributed by atoms with Crippen molar-refractivity contribution in [3.05, 3.63) is 58.7 Å². The van der Waals surface area contributed by atoms with Crippen LogP contribution >= 0.6 is 0 Å². The van der Waals surface area contributed by atoms with E-state index in [9.17, 15) is 14.0 Å². The fourth-order valence-corrected chi connectivity index (χ4v) is 3.05. The maximum Gasteiger partial charge on any atom is 0.271 e. The fourth-order valence-electron chi connectivity index (χ4n) is 3.05. The number of anilines is 1. The molecule has 0 unspecified atom stereocenters. The molecule has 2 amide bonds. The molecule has 2 aromatic rings. The molecule has 27 heavy (non-hydrogen) atoms. The van der Waals surface area contributed by atoms with Crippen LogP contribution in [0.3, 0.4) is 0 Å². The number of aryl methyl sites for hydroxylation is 3. The maximum atomic E-state index is 13.0. The minimum absolute atomic E-state index is 0.166. The molecule has 1 N–H and O–H groups in total. The Bertz CT molecular complexity index is 899. The van der Waals surface area contributed by atoms with Gasteiger partial charge in [-0.05, 0) is 50.1 Å². The van der Waals surface area contributed by atoms with E-state index in [1.54, 1.807) is 12.1 Å². The van der Waals surface area contributed by atoms with E-state index in [0.29, 0.717) is 5.69 Å². The van der Waals surface area contributed by atoms with Gasteiger partial charge in [-0.3, -0.25) is 14.6 Å². The molecule has 1 aliphatic rings. The van der Waals surface area contributed by atoms with Crippen LogP contribution in [-0.2, 0) is 16.1 Å². The molecule has 0 fully saturated rings. The highest BCUT2D eigenvalue weighted by Crippen LogP contribution is 2.20. The number of nitrogens with zero attached hydrogens (tertiary/aromatic N) is 3. The van der Waals surface area contributed by atoms with Gasteiger partial charge < -0.3 is 5.32 Å². The van der Waals surface area contributed by atoms with E-state index in [1.165, 1.54) is 17.1 Å².